The molecule has 1 aliphatic rings. The van der Waals surface area contributed by atoms with Gasteiger partial charge in [-0.25, -0.2) is 14.5 Å². The summed E-state index contributed by atoms with van der Waals surface area (Å²) in [4.78, 5) is 29.0. The number of carbonyl (C=O) groups is 1. The minimum Gasteiger partial charge on any atom is -0.491 e. The second kappa shape index (κ2) is 8.06. The third kappa shape index (κ3) is 4.31. The molecule has 1 amide bonds. The summed E-state index contributed by atoms with van der Waals surface area (Å²) in [6, 6.07) is 7.17. The van der Waals surface area contributed by atoms with E-state index in [4.69, 9.17) is 9.15 Å². The second-order valence-corrected chi connectivity index (χ2v) is 7.67. The van der Waals surface area contributed by atoms with Gasteiger partial charge in [0, 0.05) is 17.5 Å². The van der Waals surface area contributed by atoms with Gasteiger partial charge in [0.15, 0.2) is 0 Å². The molecule has 8 nitrogen and oxygen atoms in total. The van der Waals surface area contributed by atoms with Crippen LogP contribution in [0, 0.1) is 0 Å². The molecular weight excluding hydrogens is 372 g/mol. The Balaban J connectivity index is 1.44. The highest BCUT2D eigenvalue weighted by atomic mass is 16.5. The third-order valence-electron chi connectivity index (χ3n) is 5.17. The summed E-state index contributed by atoms with van der Waals surface area (Å²) in [5, 5.41) is 7.85. The molecule has 1 aliphatic carbocycles. The molecular formula is C21H24N4O4. The van der Waals surface area contributed by atoms with Crippen LogP contribution in [0.3, 0.4) is 0 Å². The maximum Gasteiger partial charge on any atom is 0.349 e. The molecule has 0 bridgehead atoms. The number of nitrogens with zero attached hydrogens (tertiary/aromatic N) is 3. The average Bonchev–Trinajstić information content (AvgIpc) is 3.22. The lowest BCUT2D eigenvalue weighted by Gasteiger charge is -2.28. The molecule has 0 unspecified atom stereocenters. The van der Waals surface area contributed by atoms with Crippen molar-refractivity contribution in [2.45, 2.75) is 57.7 Å². The van der Waals surface area contributed by atoms with Crippen LogP contribution >= 0.6 is 0 Å². The lowest BCUT2D eigenvalue weighted by atomic mass is 9.91. The molecule has 3 aromatic rings. The first kappa shape index (κ1) is 19.2. The van der Waals surface area contributed by atoms with Gasteiger partial charge >= 0.3 is 5.63 Å². The summed E-state index contributed by atoms with van der Waals surface area (Å²) in [6.07, 6.45) is 6.73. The van der Waals surface area contributed by atoms with Crippen LogP contribution < -0.4 is 15.7 Å². The summed E-state index contributed by atoms with van der Waals surface area (Å²) in [5.41, 5.74) is -0.223. The van der Waals surface area contributed by atoms with Gasteiger partial charge in [0.2, 0.25) is 0 Å². The van der Waals surface area contributed by atoms with Crippen molar-refractivity contribution in [3.05, 3.63) is 52.9 Å². The number of benzene rings is 1. The molecule has 0 radical (unpaired) electrons. The lowest BCUT2D eigenvalue weighted by molar-refractivity contribution is 0.0918. The van der Waals surface area contributed by atoms with Crippen LogP contribution in [0.2, 0.25) is 0 Å². The van der Waals surface area contributed by atoms with Crippen molar-refractivity contribution in [3.63, 3.8) is 0 Å². The van der Waals surface area contributed by atoms with E-state index in [-0.39, 0.29) is 17.7 Å². The maximum atomic E-state index is 12.7. The fourth-order valence-electron chi connectivity index (χ4n) is 3.75. The number of amides is 1. The van der Waals surface area contributed by atoms with Crippen molar-refractivity contribution in [2.24, 2.45) is 0 Å². The van der Waals surface area contributed by atoms with Gasteiger partial charge in [-0.3, -0.25) is 4.79 Å². The first-order valence-corrected chi connectivity index (χ1v) is 9.89. The molecule has 0 saturated heterocycles. The van der Waals surface area contributed by atoms with E-state index in [2.05, 4.69) is 15.4 Å². The predicted octanol–water partition coefficient (Wildman–Crippen LogP) is 3.09. The molecule has 29 heavy (non-hydrogen) atoms. The zero-order valence-corrected chi connectivity index (χ0v) is 16.5. The normalized spacial score (nSPS) is 19.4. The minimum atomic E-state index is -0.645. The van der Waals surface area contributed by atoms with Crippen LogP contribution in [0.1, 0.15) is 55.9 Å². The fraction of sp³-hybridized carbons (Fsp3) is 0.429. The van der Waals surface area contributed by atoms with Crippen molar-refractivity contribution < 1.29 is 13.9 Å². The van der Waals surface area contributed by atoms with Crippen molar-refractivity contribution in [3.8, 4) is 5.75 Å². The molecule has 8 heteroatoms. The van der Waals surface area contributed by atoms with Crippen LogP contribution in [0.15, 0.2) is 46.1 Å². The van der Waals surface area contributed by atoms with Gasteiger partial charge in [0.25, 0.3) is 5.91 Å². The van der Waals surface area contributed by atoms with Gasteiger partial charge in [-0.2, -0.15) is 5.10 Å². The number of hydrogen-bond acceptors (Lipinski definition) is 6. The summed E-state index contributed by atoms with van der Waals surface area (Å²) in [7, 11) is 0. The van der Waals surface area contributed by atoms with Crippen LogP contribution in [0.25, 0.3) is 11.0 Å². The number of rotatable bonds is 5. The third-order valence-corrected chi connectivity index (χ3v) is 5.17. The highest BCUT2D eigenvalue weighted by Crippen LogP contribution is 2.28. The van der Waals surface area contributed by atoms with Crippen molar-refractivity contribution in [1.82, 2.24) is 20.1 Å². The SMILES string of the molecule is CC(C)Oc1ccc2cc(C(=O)NC3CCC(n4cncn4)CC3)c(=O)oc2c1. The van der Waals surface area contributed by atoms with Crippen LogP contribution in [-0.2, 0) is 0 Å². The lowest BCUT2D eigenvalue weighted by Crippen LogP contribution is -2.39. The Morgan fingerprint density at radius 1 is 1.24 bits per heavy atom. The molecule has 1 saturated carbocycles. The molecule has 0 atom stereocenters. The molecule has 2 aromatic heterocycles. The quantitative estimate of drug-likeness (QED) is 0.666. The molecule has 2 heterocycles. The zero-order valence-electron chi connectivity index (χ0n) is 16.5. The Labute approximate surface area is 167 Å². The van der Waals surface area contributed by atoms with Crippen molar-refractivity contribution in [2.75, 3.05) is 0 Å². The van der Waals surface area contributed by atoms with Crippen LogP contribution in [0.4, 0.5) is 0 Å². The van der Waals surface area contributed by atoms with E-state index < -0.39 is 11.5 Å². The Kier molecular flexibility index (Phi) is 5.33. The molecule has 0 aliphatic heterocycles. The number of hydrogen-bond donors (Lipinski definition) is 1. The van der Waals surface area contributed by atoms with Crippen LogP contribution in [0.5, 0.6) is 5.75 Å². The highest BCUT2D eigenvalue weighted by Gasteiger charge is 2.25. The standard InChI is InChI=1S/C21H24N4O4/c1-13(2)28-17-8-3-14-9-18(21(27)29-19(14)10-17)20(26)24-15-4-6-16(7-5-15)25-12-22-11-23-25/h3,8-13,15-16H,4-7H2,1-2H3,(H,24,26). The summed E-state index contributed by atoms with van der Waals surface area (Å²) < 4.78 is 12.9. The van der Waals surface area contributed by atoms with Gasteiger partial charge in [-0.1, -0.05) is 0 Å². The second-order valence-electron chi connectivity index (χ2n) is 7.67. The van der Waals surface area contributed by atoms with Gasteiger partial charge in [-0.15, -0.1) is 0 Å². The molecule has 1 N–H and O–H groups in total. The Bertz CT molecular complexity index is 1050. The Hall–Kier alpha value is -3.16. The summed E-state index contributed by atoms with van der Waals surface area (Å²) >= 11 is 0. The Morgan fingerprint density at radius 2 is 2.03 bits per heavy atom. The first-order valence-electron chi connectivity index (χ1n) is 9.89. The van der Waals surface area contributed by atoms with E-state index in [1.807, 2.05) is 18.5 Å². The molecule has 0 spiro atoms. The van der Waals surface area contributed by atoms with E-state index in [0.717, 1.165) is 25.7 Å². The average molecular weight is 396 g/mol. The number of ether oxygens (including phenoxy) is 1. The molecule has 152 valence electrons. The van der Waals surface area contributed by atoms with Crippen molar-refractivity contribution >= 4 is 16.9 Å². The topological polar surface area (TPSA) is 99.2 Å². The van der Waals surface area contributed by atoms with Gasteiger partial charge in [0.1, 0.15) is 29.6 Å². The number of carbonyl (C=O) groups excluding carboxylic acids is 1. The Morgan fingerprint density at radius 3 is 2.72 bits per heavy atom. The van der Waals surface area contributed by atoms with Crippen molar-refractivity contribution in [1.29, 1.82) is 0 Å². The zero-order chi connectivity index (χ0) is 20.4. The highest BCUT2D eigenvalue weighted by molar-refractivity contribution is 5.96. The van der Waals surface area contributed by atoms with E-state index in [0.29, 0.717) is 22.8 Å². The first-order chi connectivity index (χ1) is 14.0. The predicted molar refractivity (Wildman–Crippen MR) is 107 cm³/mol. The monoisotopic (exact) mass is 396 g/mol. The van der Waals surface area contributed by atoms with E-state index >= 15 is 0 Å². The smallest absolute Gasteiger partial charge is 0.349 e. The number of aromatic nitrogens is 3. The van der Waals surface area contributed by atoms with E-state index in [1.54, 1.807) is 30.6 Å². The minimum absolute atomic E-state index is 0.0175. The summed E-state index contributed by atoms with van der Waals surface area (Å²) in [6.45, 7) is 3.85. The van der Waals surface area contributed by atoms with E-state index in [1.165, 1.54) is 6.33 Å². The molecule has 4 rings (SSSR count). The maximum absolute atomic E-state index is 12.7. The number of fused-ring (bicyclic) bond motifs is 1. The van der Waals surface area contributed by atoms with E-state index in [9.17, 15) is 9.59 Å². The fourth-order valence-corrected chi connectivity index (χ4v) is 3.75. The summed E-state index contributed by atoms with van der Waals surface area (Å²) in [5.74, 6) is 0.226. The largest absolute Gasteiger partial charge is 0.491 e. The molecule has 1 fully saturated rings. The van der Waals surface area contributed by atoms with Gasteiger partial charge in [0.05, 0.1) is 12.1 Å². The van der Waals surface area contributed by atoms with Gasteiger partial charge < -0.3 is 14.5 Å². The van der Waals surface area contributed by atoms with Gasteiger partial charge in [-0.05, 0) is 57.7 Å². The van der Waals surface area contributed by atoms with Crippen LogP contribution in [-0.4, -0.2) is 32.8 Å². The number of nitrogens with one attached hydrogen (secondary N) is 1. The molecule has 1 aromatic carbocycles.